The second-order valence-electron chi connectivity index (χ2n) is 8.88. The number of carboxylic acids is 1. The Labute approximate surface area is 241 Å². The van der Waals surface area contributed by atoms with E-state index >= 15 is 0 Å². The molecule has 3 aromatic carbocycles. The van der Waals surface area contributed by atoms with Crippen molar-refractivity contribution in [1.82, 2.24) is 0 Å². The molecule has 41 heavy (non-hydrogen) atoms. The van der Waals surface area contributed by atoms with Crippen LogP contribution in [-0.4, -0.2) is 31.6 Å². The lowest BCUT2D eigenvalue weighted by molar-refractivity contribution is -0.137. The van der Waals surface area contributed by atoms with Crippen molar-refractivity contribution in [3.63, 3.8) is 0 Å². The Balaban J connectivity index is 0.00000141. The molecule has 4 nitrogen and oxygen atoms in total. The van der Waals surface area contributed by atoms with Crippen LogP contribution >= 0.6 is 0 Å². The highest BCUT2D eigenvalue weighted by Gasteiger charge is 2.35. The van der Waals surface area contributed by atoms with E-state index in [0.717, 1.165) is 28.8 Å². The van der Waals surface area contributed by atoms with Gasteiger partial charge in [-0.2, -0.15) is 13.2 Å². The van der Waals surface area contributed by atoms with Crippen molar-refractivity contribution in [3.8, 4) is 5.75 Å². The maximum absolute atomic E-state index is 13.8. The Bertz CT molecular complexity index is 1460. The number of benzene rings is 3. The summed E-state index contributed by atoms with van der Waals surface area (Å²) in [6, 6.07) is 14.1. The van der Waals surface area contributed by atoms with E-state index in [9.17, 15) is 23.1 Å². The smallest absolute Gasteiger partial charge is 0.416 e. The summed E-state index contributed by atoms with van der Waals surface area (Å²) >= 11 is 0. The summed E-state index contributed by atoms with van der Waals surface area (Å²) in [7, 11) is 3.30. The number of hydrogen-bond acceptors (Lipinski definition) is 3. The van der Waals surface area contributed by atoms with Gasteiger partial charge in [0.2, 0.25) is 0 Å². The monoisotopic (exact) mass is 562 g/mol. The molecular weight excluding hydrogens is 526 g/mol. The fourth-order valence-corrected chi connectivity index (χ4v) is 4.29. The number of ether oxygens (including phenoxy) is 1. The third-order valence-corrected chi connectivity index (χ3v) is 6.25. The van der Waals surface area contributed by atoms with Crippen LogP contribution in [-0.2, 0) is 6.18 Å². The topological polar surface area (TPSA) is 58.9 Å². The average Bonchev–Trinajstić information content (AvgIpc) is 2.95. The summed E-state index contributed by atoms with van der Waals surface area (Å²) in [5, 5.41) is 9.55. The zero-order valence-corrected chi connectivity index (χ0v) is 24.6. The molecular formula is C33H36BF3NO3. The van der Waals surface area contributed by atoms with Crippen molar-refractivity contribution in [2.24, 2.45) is 4.99 Å². The molecule has 0 amide bonds. The minimum atomic E-state index is -4.59. The van der Waals surface area contributed by atoms with Crippen LogP contribution in [0.3, 0.4) is 0 Å². The molecule has 4 rings (SSSR count). The van der Waals surface area contributed by atoms with Crippen molar-refractivity contribution < 1.29 is 27.8 Å². The Morgan fingerprint density at radius 2 is 1.73 bits per heavy atom. The maximum atomic E-state index is 13.8. The lowest BCUT2D eigenvalue weighted by atomic mass is 9.56. The largest absolute Gasteiger partial charge is 0.478 e. The van der Waals surface area contributed by atoms with Crippen LogP contribution in [0.15, 0.2) is 72.2 Å². The minimum Gasteiger partial charge on any atom is -0.478 e. The average molecular weight is 562 g/mol. The molecule has 0 saturated heterocycles. The standard InChI is InChI=1S/C29H24BF3NO3.2C2H6/c1-16-9-10-19(12-20(16)15-34-4)26-11-17(2)23-13-21(29(31,32)33)14-24(27(23)37-26)18(3)30-25-8-6-5-7-22(25)28(35)36;2*1-2/h5-15,18H,2H2,1,3-4H3,(H,35,36);2*1-2H3. The van der Waals surface area contributed by atoms with E-state index < -0.39 is 23.5 Å². The molecule has 3 aromatic rings. The molecule has 1 radical (unpaired) electrons. The summed E-state index contributed by atoms with van der Waals surface area (Å²) in [5.74, 6) is -1.02. The summed E-state index contributed by atoms with van der Waals surface area (Å²) in [4.78, 5) is 15.8. The lowest BCUT2D eigenvalue weighted by Gasteiger charge is -2.27. The van der Waals surface area contributed by atoms with Gasteiger partial charge >= 0.3 is 12.1 Å². The lowest BCUT2D eigenvalue weighted by Crippen LogP contribution is -2.27. The number of allylic oxidation sites excluding steroid dienone is 2. The number of hydrogen-bond donors (Lipinski definition) is 1. The van der Waals surface area contributed by atoms with Gasteiger partial charge < -0.3 is 9.84 Å². The number of fused-ring (bicyclic) bond motifs is 1. The van der Waals surface area contributed by atoms with E-state index in [2.05, 4.69) is 11.6 Å². The quantitative estimate of drug-likeness (QED) is 0.243. The van der Waals surface area contributed by atoms with Crippen LogP contribution in [0.5, 0.6) is 5.75 Å². The van der Waals surface area contributed by atoms with E-state index in [0.29, 0.717) is 16.8 Å². The molecule has 0 bridgehead atoms. The third kappa shape index (κ3) is 7.78. The van der Waals surface area contributed by atoms with Crippen molar-refractivity contribution >= 4 is 36.3 Å². The molecule has 0 saturated carbocycles. The summed E-state index contributed by atoms with van der Waals surface area (Å²) in [6.07, 6.45) is -1.24. The zero-order valence-electron chi connectivity index (χ0n) is 24.6. The number of aliphatic imine (C=N–C) groups is 1. The van der Waals surface area contributed by atoms with Crippen LogP contribution < -0.4 is 10.2 Å². The van der Waals surface area contributed by atoms with E-state index in [1.54, 1.807) is 51.7 Å². The Morgan fingerprint density at radius 3 is 2.34 bits per heavy atom. The van der Waals surface area contributed by atoms with Gasteiger partial charge in [0.05, 0.1) is 11.1 Å². The molecule has 1 unspecified atom stereocenters. The number of carbonyl (C=O) groups is 1. The van der Waals surface area contributed by atoms with Gasteiger partial charge in [-0.05, 0) is 65.3 Å². The van der Waals surface area contributed by atoms with Crippen molar-refractivity contribution in [3.05, 3.63) is 106 Å². The number of nitrogens with zero attached hydrogens (tertiary/aromatic N) is 1. The predicted octanol–water partition coefficient (Wildman–Crippen LogP) is 8.35. The van der Waals surface area contributed by atoms with Crippen LogP contribution in [0.4, 0.5) is 13.2 Å². The van der Waals surface area contributed by atoms with Gasteiger partial charge in [-0.3, -0.25) is 4.99 Å². The molecule has 1 heterocycles. The molecule has 1 aliphatic rings. The van der Waals surface area contributed by atoms with Crippen LogP contribution in [0, 0.1) is 6.92 Å². The number of alkyl halides is 3. The molecule has 1 N–H and O–H groups in total. The van der Waals surface area contributed by atoms with Gasteiger partial charge in [0.1, 0.15) is 11.5 Å². The van der Waals surface area contributed by atoms with Gasteiger partial charge in [0, 0.05) is 24.4 Å². The highest BCUT2D eigenvalue weighted by Crippen LogP contribution is 2.44. The van der Waals surface area contributed by atoms with E-state index in [1.807, 2.05) is 52.8 Å². The molecule has 0 spiro atoms. The molecule has 215 valence electrons. The normalized spacial score (nSPS) is 13.0. The molecule has 1 atom stereocenters. The number of rotatable bonds is 6. The predicted molar refractivity (Wildman–Crippen MR) is 164 cm³/mol. The SMILES string of the molecule is C=C1C=C(c2ccc(C)c(C=NC)c2)Oc2c1cc(C(F)(F)F)cc2C(C)[B]c1ccccc1C(=O)O.CC.CC. The van der Waals surface area contributed by atoms with Crippen LogP contribution in [0.2, 0.25) is 0 Å². The fourth-order valence-electron chi connectivity index (χ4n) is 4.29. The first kappa shape index (κ1) is 33.1. The Kier molecular flexibility index (Phi) is 11.7. The van der Waals surface area contributed by atoms with Gasteiger partial charge in [-0.15, -0.1) is 0 Å². The zero-order chi connectivity index (χ0) is 30.9. The molecule has 8 heteroatoms. The second kappa shape index (κ2) is 14.5. The van der Waals surface area contributed by atoms with E-state index in [4.69, 9.17) is 4.74 Å². The molecule has 1 aliphatic heterocycles. The van der Waals surface area contributed by atoms with E-state index in [1.165, 1.54) is 6.07 Å². The van der Waals surface area contributed by atoms with Gasteiger partial charge in [0.15, 0.2) is 7.28 Å². The first-order chi connectivity index (χ1) is 19.5. The van der Waals surface area contributed by atoms with Gasteiger partial charge in [-0.25, -0.2) is 4.79 Å². The van der Waals surface area contributed by atoms with Gasteiger partial charge in [-0.1, -0.05) is 77.0 Å². The number of halogens is 3. The third-order valence-electron chi connectivity index (χ3n) is 6.25. The van der Waals surface area contributed by atoms with E-state index in [-0.39, 0.29) is 22.4 Å². The first-order valence-electron chi connectivity index (χ1n) is 13.5. The Morgan fingerprint density at radius 1 is 1.07 bits per heavy atom. The summed E-state index contributed by atoms with van der Waals surface area (Å²) in [5.41, 5.74) is 3.17. The highest BCUT2D eigenvalue weighted by atomic mass is 19.4. The Hall–Kier alpha value is -4.07. The maximum Gasteiger partial charge on any atom is 0.416 e. The summed E-state index contributed by atoms with van der Waals surface area (Å²) in [6.45, 7) is 15.7. The number of aromatic carboxylic acids is 1. The number of carboxylic acid groups (broad SMARTS) is 1. The van der Waals surface area contributed by atoms with Crippen molar-refractivity contribution in [1.29, 1.82) is 0 Å². The van der Waals surface area contributed by atoms with Gasteiger partial charge in [0.25, 0.3) is 0 Å². The van der Waals surface area contributed by atoms with Crippen LogP contribution in [0.1, 0.15) is 84.2 Å². The molecule has 0 fully saturated rings. The first-order valence-corrected chi connectivity index (χ1v) is 13.5. The highest BCUT2D eigenvalue weighted by molar-refractivity contribution is 6.56. The van der Waals surface area contributed by atoms with Crippen molar-refractivity contribution in [2.45, 2.75) is 53.5 Å². The van der Waals surface area contributed by atoms with Crippen molar-refractivity contribution in [2.75, 3.05) is 7.05 Å². The molecule has 0 aliphatic carbocycles. The van der Waals surface area contributed by atoms with Crippen LogP contribution in [0.25, 0.3) is 11.3 Å². The number of aryl methyl sites for hydroxylation is 1. The molecule has 0 aromatic heterocycles. The second-order valence-corrected chi connectivity index (χ2v) is 8.88. The fraction of sp³-hybridized carbons (Fsp3) is 0.273. The minimum absolute atomic E-state index is 0.0610. The summed E-state index contributed by atoms with van der Waals surface area (Å²) < 4.78 is 47.8.